The fourth-order valence-corrected chi connectivity index (χ4v) is 1.84. The van der Waals surface area contributed by atoms with E-state index in [1.165, 1.54) is 0 Å². The van der Waals surface area contributed by atoms with E-state index < -0.39 is 12.0 Å². The molecule has 4 heteroatoms. The number of nitrogens with zero attached hydrogens (tertiary/aromatic N) is 1. The summed E-state index contributed by atoms with van der Waals surface area (Å²) in [4.78, 5) is 12.8. The Morgan fingerprint density at radius 2 is 2.19 bits per heavy atom. The van der Waals surface area contributed by atoms with Crippen LogP contribution in [0.5, 0.6) is 0 Å². The highest BCUT2D eigenvalue weighted by Gasteiger charge is 2.20. The van der Waals surface area contributed by atoms with E-state index in [1.807, 2.05) is 24.8 Å². The van der Waals surface area contributed by atoms with Crippen LogP contribution in [0.4, 0.5) is 5.69 Å². The fourth-order valence-electron chi connectivity index (χ4n) is 1.68. The van der Waals surface area contributed by atoms with Gasteiger partial charge in [-0.1, -0.05) is 17.7 Å². The van der Waals surface area contributed by atoms with Gasteiger partial charge in [0.25, 0.3) is 0 Å². The first-order valence-corrected chi connectivity index (χ1v) is 5.60. The van der Waals surface area contributed by atoms with Crippen molar-refractivity contribution in [1.29, 1.82) is 0 Å². The van der Waals surface area contributed by atoms with Gasteiger partial charge in [0.2, 0.25) is 0 Å². The number of anilines is 1. The van der Waals surface area contributed by atoms with Crippen LogP contribution >= 0.6 is 11.6 Å². The zero-order valence-corrected chi connectivity index (χ0v) is 10.5. The first-order valence-electron chi connectivity index (χ1n) is 5.23. The van der Waals surface area contributed by atoms with Crippen LogP contribution in [0.1, 0.15) is 19.4 Å². The topological polar surface area (TPSA) is 40.5 Å². The van der Waals surface area contributed by atoms with Crippen molar-refractivity contribution in [1.82, 2.24) is 0 Å². The second kappa shape index (κ2) is 5.21. The molecule has 3 nitrogen and oxygen atoms in total. The number of carboxylic acids is 1. The van der Waals surface area contributed by atoms with E-state index in [-0.39, 0.29) is 0 Å². The van der Waals surface area contributed by atoms with E-state index in [0.717, 1.165) is 11.3 Å². The maximum Gasteiger partial charge on any atom is 0.326 e. The third kappa shape index (κ3) is 2.67. The van der Waals surface area contributed by atoms with E-state index in [0.29, 0.717) is 11.6 Å². The minimum atomic E-state index is -0.832. The van der Waals surface area contributed by atoms with Gasteiger partial charge in [-0.25, -0.2) is 4.79 Å². The van der Waals surface area contributed by atoms with Crippen molar-refractivity contribution in [2.45, 2.75) is 26.8 Å². The van der Waals surface area contributed by atoms with Gasteiger partial charge in [0.05, 0.1) is 0 Å². The zero-order chi connectivity index (χ0) is 12.3. The molecule has 0 spiro atoms. The number of benzene rings is 1. The quantitative estimate of drug-likeness (QED) is 0.881. The van der Waals surface area contributed by atoms with Gasteiger partial charge in [-0.05, 0) is 38.5 Å². The van der Waals surface area contributed by atoms with Crippen molar-refractivity contribution < 1.29 is 9.90 Å². The van der Waals surface area contributed by atoms with Crippen LogP contribution in [0.15, 0.2) is 18.2 Å². The zero-order valence-electron chi connectivity index (χ0n) is 9.70. The molecule has 16 heavy (non-hydrogen) atoms. The molecule has 0 fully saturated rings. The van der Waals surface area contributed by atoms with Crippen LogP contribution < -0.4 is 4.90 Å². The van der Waals surface area contributed by atoms with Gasteiger partial charge in [-0.15, -0.1) is 0 Å². The van der Waals surface area contributed by atoms with Crippen molar-refractivity contribution in [3.8, 4) is 0 Å². The molecule has 0 aliphatic carbocycles. The number of rotatable bonds is 4. The molecular weight excluding hydrogens is 226 g/mol. The second-order valence-corrected chi connectivity index (χ2v) is 4.17. The van der Waals surface area contributed by atoms with Crippen molar-refractivity contribution >= 4 is 23.3 Å². The van der Waals surface area contributed by atoms with Crippen molar-refractivity contribution in [2.24, 2.45) is 0 Å². The molecule has 0 saturated heterocycles. The summed E-state index contributed by atoms with van der Waals surface area (Å²) in [5.74, 6) is -0.832. The third-order valence-corrected chi connectivity index (χ3v) is 2.88. The Morgan fingerprint density at radius 3 is 2.69 bits per heavy atom. The molecule has 0 aromatic heterocycles. The SMILES string of the molecule is CCN(c1cc(Cl)ccc1C)[C@@H](C)C(=O)O. The molecule has 88 valence electrons. The van der Waals surface area contributed by atoms with E-state index in [9.17, 15) is 4.79 Å². The number of aryl methyl sites for hydroxylation is 1. The molecule has 1 atom stereocenters. The first kappa shape index (κ1) is 12.8. The van der Waals surface area contributed by atoms with Crippen LogP contribution in [0.2, 0.25) is 5.02 Å². The highest BCUT2D eigenvalue weighted by Crippen LogP contribution is 2.25. The van der Waals surface area contributed by atoms with Gasteiger partial charge in [0, 0.05) is 17.3 Å². The molecular formula is C12H16ClNO2. The fraction of sp³-hybridized carbons (Fsp3) is 0.417. The second-order valence-electron chi connectivity index (χ2n) is 3.73. The van der Waals surface area contributed by atoms with Gasteiger partial charge in [0.15, 0.2) is 0 Å². The maximum absolute atomic E-state index is 11.0. The molecule has 0 saturated carbocycles. The number of hydrogen-bond acceptors (Lipinski definition) is 2. The summed E-state index contributed by atoms with van der Waals surface area (Å²) < 4.78 is 0. The van der Waals surface area contributed by atoms with Gasteiger partial charge >= 0.3 is 5.97 Å². The highest BCUT2D eigenvalue weighted by atomic mass is 35.5. The predicted molar refractivity (Wildman–Crippen MR) is 66.3 cm³/mol. The molecule has 0 aliphatic heterocycles. The van der Waals surface area contributed by atoms with Crippen LogP contribution in [0.25, 0.3) is 0 Å². The summed E-state index contributed by atoms with van der Waals surface area (Å²) in [6, 6.07) is 4.95. The Bertz CT molecular complexity index is 393. The summed E-state index contributed by atoms with van der Waals surface area (Å²) in [6.07, 6.45) is 0. The monoisotopic (exact) mass is 241 g/mol. The lowest BCUT2D eigenvalue weighted by molar-refractivity contribution is -0.138. The van der Waals surface area contributed by atoms with Crippen LogP contribution in [0, 0.1) is 6.92 Å². The standard InChI is InChI=1S/C12H16ClNO2/c1-4-14(9(3)12(15)16)11-7-10(13)6-5-8(11)2/h5-7,9H,4H2,1-3H3,(H,15,16)/t9-/m0/s1. The maximum atomic E-state index is 11.0. The minimum Gasteiger partial charge on any atom is -0.480 e. The smallest absolute Gasteiger partial charge is 0.326 e. The van der Waals surface area contributed by atoms with Crippen molar-refractivity contribution in [2.75, 3.05) is 11.4 Å². The lowest BCUT2D eigenvalue weighted by Gasteiger charge is -2.28. The Balaban J connectivity index is 3.12. The highest BCUT2D eigenvalue weighted by molar-refractivity contribution is 6.30. The predicted octanol–water partition coefficient (Wildman–Crippen LogP) is 2.95. The Hall–Kier alpha value is -1.22. The van der Waals surface area contributed by atoms with E-state index in [2.05, 4.69) is 0 Å². The average Bonchev–Trinajstić information content (AvgIpc) is 2.23. The molecule has 1 aromatic carbocycles. The van der Waals surface area contributed by atoms with E-state index in [4.69, 9.17) is 16.7 Å². The van der Waals surface area contributed by atoms with Crippen LogP contribution in [-0.2, 0) is 4.79 Å². The number of likely N-dealkylation sites (N-methyl/N-ethyl adjacent to an activating group) is 1. The van der Waals surface area contributed by atoms with E-state index >= 15 is 0 Å². The number of aliphatic carboxylic acids is 1. The summed E-state index contributed by atoms with van der Waals surface area (Å²) in [5, 5.41) is 9.65. The first-order chi connectivity index (χ1) is 7.47. The molecule has 0 aliphatic rings. The number of halogens is 1. The van der Waals surface area contributed by atoms with Crippen LogP contribution in [-0.4, -0.2) is 23.7 Å². The number of carbonyl (C=O) groups is 1. The lowest BCUT2D eigenvalue weighted by atomic mass is 10.1. The third-order valence-electron chi connectivity index (χ3n) is 2.65. The molecule has 0 radical (unpaired) electrons. The Labute approximate surface area is 101 Å². The van der Waals surface area contributed by atoms with Crippen LogP contribution in [0.3, 0.4) is 0 Å². The Morgan fingerprint density at radius 1 is 1.56 bits per heavy atom. The van der Waals surface area contributed by atoms with Gasteiger partial charge in [-0.3, -0.25) is 0 Å². The minimum absolute atomic E-state index is 0.554. The molecule has 1 N–H and O–H groups in total. The van der Waals surface area contributed by atoms with Gasteiger partial charge in [0.1, 0.15) is 6.04 Å². The summed E-state index contributed by atoms with van der Waals surface area (Å²) >= 11 is 5.93. The number of hydrogen-bond donors (Lipinski definition) is 1. The summed E-state index contributed by atoms with van der Waals surface area (Å²) in [5.41, 5.74) is 1.91. The normalized spacial score (nSPS) is 12.2. The van der Waals surface area contributed by atoms with Gasteiger partial charge in [-0.2, -0.15) is 0 Å². The van der Waals surface area contributed by atoms with Crippen molar-refractivity contribution in [3.05, 3.63) is 28.8 Å². The molecule has 0 bridgehead atoms. The molecule has 0 amide bonds. The summed E-state index contributed by atoms with van der Waals surface area (Å²) in [6.45, 7) is 6.18. The van der Waals surface area contributed by atoms with Gasteiger partial charge < -0.3 is 10.0 Å². The average molecular weight is 242 g/mol. The molecule has 0 heterocycles. The largest absolute Gasteiger partial charge is 0.480 e. The lowest BCUT2D eigenvalue weighted by Crippen LogP contribution is -2.39. The molecule has 0 unspecified atom stereocenters. The summed E-state index contributed by atoms with van der Waals surface area (Å²) in [7, 11) is 0. The number of carboxylic acid groups (broad SMARTS) is 1. The molecule has 1 rings (SSSR count). The Kier molecular flexibility index (Phi) is 4.19. The van der Waals surface area contributed by atoms with E-state index in [1.54, 1.807) is 19.1 Å². The van der Waals surface area contributed by atoms with Crippen molar-refractivity contribution in [3.63, 3.8) is 0 Å². The molecule has 1 aromatic rings.